The van der Waals surface area contributed by atoms with E-state index in [1.54, 1.807) is 0 Å². The zero-order chi connectivity index (χ0) is 14.6. The fraction of sp³-hybridized carbons (Fsp3) is 0.533. The molecular formula is C15H17F3N2. The maximum absolute atomic E-state index is 12.5. The summed E-state index contributed by atoms with van der Waals surface area (Å²) in [5.74, 6) is -0.0696. The quantitative estimate of drug-likeness (QED) is 0.805. The van der Waals surface area contributed by atoms with Crippen LogP contribution in [-0.4, -0.2) is 6.04 Å². The maximum Gasteiger partial charge on any atom is 0.416 e. The molecule has 1 fully saturated rings. The zero-order valence-electron chi connectivity index (χ0n) is 11.1. The largest absolute Gasteiger partial charge is 0.416 e. The Morgan fingerprint density at radius 1 is 1.05 bits per heavy atom. The summed E-state index contributed by atoms with van der Waals surface area (Å²) in [4.78, 5) is 0. The van der Waals surface area contributed by atoms with Gasteiger partial charge in [-0.1, -0.05) is 19.3 Å². The van der Waals surface area contributed by atoms with Crippen molar-refractivity contribution >= 4 is 5.69 Å². The van der Waals surface area contributed by atoms with Crippen molar-refractivity contribution in [1.82, 2.24) is 0 Å². The topological polar surface area (TPSA) is 35.8 Å². The van der Waals surface area contributed by atoms with E-state index in [4.69, 9.17) is 0 Å². The Hall–Kier alpha value is -1.70. The van der Waals surface area contributed by atoms with Crippen molar-refractivity contribution in [1.29, 1.82) is 5.26 Å². The molecule has 108 valence electrons. The van der Waals surface area contributed by atoms with Crippen LogP contribution in [-0.2, 0) is 6.18 Å². The third-order valence-electron chi connectivity index (χ3n) is 3.75. The van der Waals surface area contributed by atoms with Crippen LogP contribution in [0.25, 0.3) is 0 Å². The Balaban J connectivity index is 2.07. The lowest BCUT2D eigenvalue weighted by Crippen LogP contribution is -2.27. The minimum atomic E-state index is -4.31. The molecule has 1 aromatic carbocycles. The number of nitrogens with one attached hydrogen (secondary N) is 1. The maximum atomic E-state index is 12.5. The average molecular weight is 282 g/mol. The highest BCUT2D eigenvalue weighted by Crippen LogP contribution is 2.31. The van der Waals surface area contributed by atoms with Crippen LogP contribution >= 0.6 is 0 Å². The highest BCUT2D eigenvalue weighted by Gasteiger charge is 2.30. The van der Waals surface area contributed by atoms with Gasteiger partial charge in [0, 0.05) is 11.7 Å². The van der Waals surface area contributed by atoms with Gasteiger partial charge in [0.25, 0.3) is 0 Å². The molecule has 0 spiro atoms. The number of hydrogen-bond donors (Lipinski definition) is 1. The zero-order valence-corrected chi connectivity index (χ0v) is 11.1. The molecule has 0 aliphatic heterocycles. The van der Waals surface area contributed by atoms with Gasteiger partial charge in [0.05, 0.1) is 17.6 Å². The molecule has 2 rings (SSSR count). The molecule has 0 saturated heterocycles. The van der Waals surface area contributed by atoms with Gasteiger partial charge in [-0.2, -0.15) is 18.4 Å². The first-order valence-electron chi connectivity index (χ1n) is 6.84. The molecule has 2 unspecified atom stereocenters. The first-order chi connectivity index (χ1) is 9.50. The summed E-state index contributed by atoms with van der Waals surface area (Å²) in [6.45, 7) is 0. The second kappa shape index (κ2) is 6.17. The number of hydrogen-bond acceptors (Lipinski definition) is 2. The lowest BCUT2D eigenvalue weighted by molar-refractivity contribution is -0.137. The molecule has 5 heteroatoms. The van der Waals surface area contributed by atoms with E-state index in [0.29, 0.717) is 5.69 Å². The van der Waals surface area contributed by atoms with Crippen LogP contribution in [0.3, 0.4) is 0 Å². The summed E-state index contributed by atoms with van der Waals surface area (Å²) in [6, 6.07) is 7.34. The van der Waals surface area contributed by atoms with Crippen molar-refractivity contribution in [3.05, 3.63) is 29.8 Å². The molecule has 0 bridgehead atoms. The molecule has 2 nitrogen and oxygen atoms in total. The second-order valence-corrected chi connectivity index (χ2v) is 5.20. The number of benzene rings is 1. The van der Waals surface area contributed by atoms with Gasteiger partial charge in [-0.05, 0) is 37.1 Å². The van der Waals surface area contributed by atoms with Crippen LogP contribution in [0.1, 0.15) is 37.7 Å². The Kier molecular flexibility index (Phi) is 4.53. The number of alkyl halides is 3. The third kappa shape index (κ3) is 3.66. The van der Waals surface area contributed by atoms with E-state index in [-0.39, 0.29) is 12.0 Å². The lowest BCUT2D eigenvalue weighted by atomic mass is 9.96. The minimum absolute atomic E-state index is 0.0271. The standard InChI is InChI=1S/C15H17F3N2/c16-15(17,18)12-6-8-13(9-7-12)20-14-5-3-1-2-4-11(14)10-19/h6-9,11,14,20H,1-5H2. The SMILES string of the molecule is N#CC1CCCCCC1Nc1ccc(C(F)(F)F)cc1. The van der Waals surface area contributed by atoms with Gasteiger partial charge in [-0.25, -0.2) is 0 Å². The summed E-state index contributed by atoms with van der Waals surface area (Å²) >= 11 is 0. The summed E-state index contributed by atoms with van der Waals surface area (Å²) in [5, 5.41) is 12.4. The first kappa shape index (κ1) is 14.7. The fourth-order valence-electron chi connectivity index (χ4n) is 2.60. The molecule has 0 amide bonds. The highest BCUT2D eigenvalue weighted by molar-refractivity contribution is 5.46. The van der Waals surface area contributed by atoms with E-state index < -0.39 is 11.7 Å². The molecule has 2 atom stereocenters. The molecule has 1 N–H and O–H groups in total. The smallest absolute Gasteiger partial charge is 0.381 e. The van der Waals surface area contributed by atoms with Crippen LogP contribution < -0.4 is 5.32 Å². The van der Waals surface area contributed by atoms with E-state index in [9.17, 15) is 18.4 Å². The predicted molar refractivity (Wildman–Crippen MR) is 71.0 cm³/mol. The van der Waals surface area contributed by atoms with E-state index in [2.05, 4.69) is 11.4 Å². The van der Waals surface area contributed by atoms with E-state index in [1.807, 2.05) is 0 Å². The van der Waals surface area contributed by atoms with Gasteiger partial charge in [0.15, 0.2) is 0 Å². The molecule has 0 aromatic heterocycles. The number of nitrogens with zero attached hydrogens (tertiary/aromatic N) is 1. The number of rotatable bonds is 2. The number of anilines is 1. The first-order valence-corrected chi connectivity index (χ1v) is 6.84. The molecule has 1 aromatic rings. The molecule has 20 heavy (non-hydrogen) atoms. The normalized spacial score (nSPS) is 23.7. The van der Waals surface area contributed by atoms with Gasteiger partial charge < -0.3 is 5.32 Å². The van der Waals surface area contributed by atoms with Crippen LogP contribution in [0.2, 0.25) is 0 Å². The van der Waals surface area contributed by atoms with E-state index in [0.717, 1.165) is 44.2 Å². The van der Waals surface area contributed by atoms with Gasteiger partial charge in [0.1, 0.15) is 0 Å². The second-order valence-electron chi connectivity index (χ2n) is 5.20. The Labute approximate surface area is 116 Å². The Morgan fingerprint density at radius 3 is 2.30 bits per heavy atom. The third-order valence-corrected chi connectivity index (χ3v) is 3.75. The summed E-state index contributed by atoms with van der Waals surface area (Å²) in [5.41, 5.74) is -0.00843. The van der Waals surface area contributed by atoms with Crippen molar-refractivity contribution in [2.24, 2.45) is 5.92 Å². The molecular weight excluding hydrogens is 265 g/mol. The Morgan fingerprint density at radius 2 is 1.70 bits per heavy atom. The fourth-order valence-corrected chi connectivity index (χ4v) is 2.60. The van der Waals surface area contributed by atoms with Crippen molar-refractivity contribution in [2.45, 2.75) is 44.3 Å². The summed E-state index contributed by atoms with van der Waals surface area (Å²) in [6.07, 6.45) is 0.646. The van der Waals surface area contributed by atoms with E-state index >= 15 is 0 Å². The van der Waals surface area contributed by atoms with Crippen molar-refractivity contribution in [2.75, 3.05) is 5.32 Å². The minimum Gasteiger partial charge on any atom is -0.381 e. The molecule has 1 saturated carbocycles. The summed E-state index contributed by atoms with van der Waals surface area (Å²) < 4.78 is 37.5. The number of nitriles is 1. The van der Waals surface area contributed by atoms with Gasteiger partial charge in [-0.3, -0.25) is 0 Å². The van der Waals surface area contributed by atoms with Crippen LogP contribution in [0.4, 0.5) is 18.9 Å². The molecule has 0 radical (unpaired) electrons. The van der Waals surface area contributed by atoms with Crippen molar-refractivity contribution in [3.8, 4) is 6.07 Å². The van der Waals surface area contributed by atoms with Crippen LogP contribution in [0.15, 0.2) is 24.3 Å². The highest BCUT2D eigenvalue weighted by atomic mass is 19.4. The lowest BCUT2D eigenvalue weighted by Gasteiger charge is -2.22. The molecule has 0 heterocycles. The van der Waals surface area contributed by atoms with Crippen molar-refractivity contribution in [3.63, 3.8) is 0 Å². The Bertz CT molecular complexity index is 473. The van der Waals surface area contributed by atoms with Crippen molar-refractivity contribution < 1.29 is 13.2 Å². The summed E-state index contributed by atoms with van der Waals surface area (Å²) in [7, 11) is 0. The average Bonchev–Trinajstić information content (AvgIpc) is 2.63. The number of halogens is 3. The predicted octanol–water partition coefficient (Wildman–Crippen LogP) is 4.59. The van der Waals surface area contributed by atoms with Gasteiger partial charge >= 0.3 is 6.18 Å². The molecule has 1 aliphatic carbocycles. The van der Waals surface area contributed by atoms with Crippen LogP contribution in [0, 0.1) is 17.2 Å². The monoisotopic (exact) mass is 282 g/mol. The van der Waals surface area contributed by atoms with Crippen LogP contribution in [0.5, 0.6) is 0 Å². The van der Waals surface area contributed by atoms with Gasteiger partial charge in [-0.15, -0.1) is 0 Å². The van der Waals surface area contributed by atoms with Gasteiger partial charge in [0.2, 0.25) is 0 Å². The van der Waals surface area contributed by atoms with E-state index in [1.165, 1.54) is 12.1 Å². The molecule has 1 aliphatic rings.